The van der Waals surface area contributed by atoms with Crippen LogP contribution >= 0.6 is 11.3 Å². The predicted molar refractivity (Wildman–Crippen MR) is 76.3 cm³/mol. The lowest BCUT2D eigenvalue weighted by Gasteiger charge is -2.12. The zero-order chi connectivity index (χ0) is 13.8. The average Bonchev–Trinajstić information content (AvgIpc) is 2.95. The van der Waals surface area contributed by atoms with Crippen LogP contribution in [-0.4, -0.2) is 24.4 Å². The summed E-state index contributed by atoms with van der Waals surface area (Å²) in [5.74, 6) is 0.419. The Hall–Kier alpha value is -1.36. The highest BCUT2D eigenvalue weighted by Crippen LogP contribution is 2.24. The Balaban J connectivity index is 1.73. The SMILES string of the molecule is Cc1ccc(C(=O)NCC(=O)NC2CCC(C)C2)s1. The van der Waals surface area contributed by atoms with Gasteiger partial charge in [-0.3, -0.25) is 9.59 Å². The minimum atomic E-state index is -0.173. The Morgan fingerprint density at radius 2 is 2.16 bits per heavy atom. The number of nitrogens with one attached hydrogen (secondary N) is 2. The third-order valence-electron chi connectivity index (χ3n) is 3.43. The minimum absolute atomic E-state index is 0.0562. The lowest BCUT2D eigenvalue weighted by Crippen LogP contribution is -2.40. The maximum absolute atomic E-state index is 11.8. The monoisotopic (exact) mass is 280 g/mol. The van der Waals surface area contributed by atoms with Crippen molar-refractivity contribution in [1.82, 2.24) is 10.6 Å². The van der Waals surface area contributed by atoms with E-state index in [1.807, 2.05) is 13.0 Å². The van der Waals surface area contributed by atoms with Gasteiger partial charge in [-0.2, -0.15) is 0 Å². The molecule has 0 saturated heterocycles. The van der Waals surface area contributed by atoms with Crippen molar-refractivity contribution in [1.29, 1.82) is 0 Å². The Morgan fingerprint density at radius 3 is 2.74 bits per heavy atom. The highest BCUT2D eigenvalue weighted by molar-refractivity contribution is 7.13. The van der Waals surface area contributed by atoms with Crippen LogP contribution in [0.3, 0.4) is 0 Å². The van der Waals surface area contributed by atoms with Crippen molar-refractivity contribution in [2.45, 2.75) is 39.2 Å². The molecule has 2 N–H and O–H groups in total. The first-order valence-electron chi connectivity index (χ1n) is 6.68. The highest BCUT2D eigenvalue weighted by atomic mass is 32.1. The van der Waals surface area contributed by atoms with E-state index >= 15 is 0 Å². The summed E-state index contributed by atoms with van der Waals surface area (Å²) in [6.45, 7) is 4.21. The first-order chi connectivity index (χ1) is 9.04. The summed E-state index contributed by atoms with van der Waals surface area (Å²) < 4.78 is 0. The normalized spacial score (nSPS) is 22.2. The van der Waals surface area contributed by atoms with E-state index in [9.17, 15) is 9.59 Å². The van der Waals surface area contributed by atoms with Gasteiger partial charge in [-0.05, 0) is 44.2 Å². The van der Waals surface area contributed by atoms with Gasteiger partial charge >= 0.3 is 0 Å². The van der Waals surface area contributed by atoms with E-state index in [2.05, 4.69) is 17.6 Å². The molecule has 0 radical (unpaired) electrons. The summed E-state index contributed by atoms with van der Waals surface area (Å²) in [6, 6.07) is 3.97. The number of hydrogen-bond donors (Lipinski definition) is 2. The van der Waals surface area contributed by atoms with Gasteiger partial charge in [0.05, 0.1) is 11.4 Å². The lowest BCUT2D eigenvalue weighted by atomic mass is 10.1. The molecule has 4 nitrogen and oxygen atoms in total. The van der Waals surface area contributed by atoms with Crippen LogP contribution < -0.4 is 10.6 Å². The third kappa shape index (κ3) is 4.06. The van der Waals surface area contributed by atoms with E-state index in [0.29, 0.717) is 10.8 Å². The number of hydrogen-bond acceptors (Lipinski definition) is 3. The van der Waals surface area contributed by atoms with Crippen LogP contribution in [0.2, 0.25) is 0 Å². The van der Waals surface area contributed by atoms with Crippen molar-refractivity contribution in [3.63, 3.8) is 0 Å². The van der Waals surface area contributed by atoms with E-state index in [4.69, 9.17) is 0 Å². The molecule has 2 rings (SSSR count). The minimum Gasteiger partial charge on any atom is -0.352 e. The van der Waals surface area contributed by atoms with Gasteiger partial charge in [0.2, 0.25) is 5.91 Å². The molecule has 1 aromatic rings. The maximum Gasteiger partial charge on any atom is 0.261 e. The fourth-order valence-electron chi connectivity index (χ4n) is 2.42. The molecular formula is C14H20N2O2S. The molecule has 5 heteroatoms. The van der Waals surface area contributed by atoms with Gasteiger partial charge in [0.15, 0.2) is 0 Å². The van der Waals surface area contributed by atoms with Crippen molar-refractivity contribution in [3.05, 3.63) is 21.9 Å². The smallest absolute Gasteiger partial charge is 0.261 e. The van der Waals surface area contributed by atoms with Gasteiger partial charge in [-0.25, -0.2) is 0 Å². The van der Waals surface area contributed by atoms with Crippen LogP contribution in [0, 0.1) is 12.8 Å². The zero-order valence-corrected chi connectivity index (χ0v) is 12.2. The molecule has 0 aliphatic heterocycles. The van der Waals surface area contributed by atoms with Gasteiger partial charge in [0.25, 0.3) is 5.91 Å². The molecule has 1 aromatic heterocycles. The molecule has 0 spiro atoms. The number of amides is 2. The third-order valence-corrected chi connectivity index (χ3v) is 4.43. The second-order valence-corrected chi connectivity index (χ2v) is 6.56. The van der Waals surface area contributed by atoms with Crippen molar-refractivity contribution in [3.8, 4) is 0 Å². The van der Waals surface area contributed by atoms with E-state index in [1.54, 1.807) is 6.07 Å². The van der Waals surface area contributed by atoms with Crippen LogP contribution in [0.5, 0.6) is 0 Å². The summed E-state index contributed by atoms with van der Waals surface area (Å²) in [5, 5.41) is 5.63. The molecule has 104 valence electrons. The molecular weight excluding hydrogens is 260 g/mol. The zero-order valence-electron chi connectivity index (χ0n) is 11.4. The quantitative estimate of drug-likeness (QED) is 0.887. The number of rotatable bonds is 4. The fraction of sp³-hybridized carbons (Fsp3) is 0.571. The fourth-order valence-corrected chi connectivity index (χ4v) is 3.21. The number of aryl methyl sites for hydroxylation is 1. The van der Waals surface area contributed by atoms with Crippen LogP contribution in [0.4, 0.5) is 0 Å². The van der Waals surface area contributed by atoms with E-state index in [0.717, 1.165) is 17.7 Å². The molecule has 2 atom stereocenters. The second kappa shape index (κ2) is 6.19. The maximum atomic E-state index is 11.8. The van der Waals surface area contributed by atoms with Crippen LogP contribution in [0.1, 0.15) is 40.7 Å². The van der Waals surface area contributed by atoms with Crippen molar-refractivity contribution in [2.75, 3.05) is 6.54 Å². The second-order valence-electron chi connectivity index (χ2n) is 5.28. The largest absolute Gasteiger partial charge is 0.352 e. The van der Waals surface area contributed by atoms with Gasteiger partial charge in [-0.1, -0.05) is 6.92 Å². The summed E-state index contributed by atoms with van der Waals surface area (Å²) in [6.07, 6.45) is 3.26. The number of carbonyl (C=O) groups is 2. The standard InChI is InChI=1S/C14H20N2O2S/c1-9-3-5-11(7-9)16-13(17)8-15-14(18)12-6-4-10(2)19-12/h4,6,9,11H,3,5,7-8H2,1-2H3,(H,15,18)(H,16,17). The van der Waals surface area contributed by atoms with E-state index in [1.165, 1.54) is 17.8 Å². The van der Waals surface area contributed by atoms with Crippen LogP contribution in [0.25, 0.3) is 0 Å². The predicted octanol–water partition coefficient (Wildman–Crippen LogP) is 2.09. The molecule has 1 heterocycles. The van der Waals surface area contributed by atoms with E-state index < -0.39 is 0 Å². The first kappa shape index (κ1) is 14.1. The Kier molecular flexibility index (Phi) is 4.58. The topological polar surface area (TPSA) is 58.2 Å². The molecule has 2 unspecified atom stereocenters. The molecule has 0 aromatic carbocycles. The summed E-state index contributed by atoms with van der Waals surface area (Å²) in [4.78, 5) is 25.2. The van der Waals surface area contributed by atoms with Crippen molar-refractivity contribution in [2.24, 2.45) is 5.92 Å². The number of carbonyl (C=O) groups excluding carboxylic acids is 2. The van der Waals surface area contributed by atoms with Crippen molar-refractivity contribution >= 4 is 23.2 Å². The molecule has 0 bridgehead atoms. The average molecular weight is 280 g/mol. The Bertz CT molecular complexity index is 470. The van der Waals surface area contributed by atoms with Gasteiger partial charge in [0, 0.05) is 10.9 Å². The van der Waals surface area contributed by atoms with Crippen LogP contribution in [0.15, 0.2) is 12.1 Å². The molecule has 1 aliphatic rings. The van der Waals surface area contributed by atoms with Gasteiger partial charge in [-0.15, -0.1) is 11.3 Å². The summed E-state index contributed by atoms with van der Waals surface area (Å²) in [5.41, 5.74) is 0. The molecule has 19 heavy (non-hydrogen) atoms. The highest BCUT2D eigenvalue weighted by Gasteiger charge is 2.22. The summed E-state index contributed by atoms with van der Waals surface area (Å²) in [7, 11) is 0. The van der Waals surface area contributed by atoms with Gasteiger partial charge < -0.3 is 10.6 Å². The summed E-state index contributed by atoms with van der Waals surface area (Å²) >= 11 is 1.44. The Labute approximate surface area is 117 Å². The Morgan fingerprint density at radius 1 is 1.37 bits per heavy atom. The lowest BCUT2D eigenvalue weighted by molar-refractivity contribution is -0.120. The first-order valence-corrected chi connectivity index (χ1v) is 7.50. The van der Waals surface area contributed by atoms with Crippen LogP contribution in [-0.2, 0) is 4.79 Å². The molecule has 2 amide bonds. The number of thiophene rings is 1. The van der Waals surface area contributed by atoms with Gasteiger partial charge in [0.1, 0.15) is 0 Å². The molecule has 1 saturated carbocycles. The molecule has 1 aliphatic carbocycles. The van der Waals surface area contributed by atoms with Crippen molar-refractivity contribution < 1.29 is 9.59 Å². The molecule has 1 fully saturated rings. The van der Waals surface area contributed by atoms with E-state index in [-0.39, 0.29) is 24.4 Å².